The highest BCUT2D eigenvalue weighted by molar-refractivity contribution is 7.12. The van der Waals surface area contributed by atoms with E-state index in [1.807, 2.05) is 31.6 Å². The minimum absolute atomic E-state index is 0.0267. The Kier molecular flexibility index (Phi) is 5.14. The molecule has 2 aromatic heterocycles. The van der Waals surface area contributed by atoms with Gasteiger partial charge in [-0.15, -0.1) is 11.3 Å². The Hall–Kier alpha value is -2.10. The molecule has 2 heterocycles. The summed E-state index contributed by atoms with van der Waals surface area (Å²) in [5.41, 5.74) is 2.61. The Morgan fingerprint density at radius 3 is 3.05 bits per heavy atom. The maximum Gasteiger partial charge on any atom is 0.262 e. The van der Waals surface area contributed by atoms with Crippen molar-refractivity contribution in [3.63, 3.8) is 0 Å². The van der Waals surface area contributed by atoms with Gasteiger partial charge in [-0.1, -0.05) is 11.8 Å². The highest BCUT2D eigenvalue weighted by Gasteiger charge is 2.12. The van der Waals surface area contributed by atoms with Crippen molar-refractivity contribution >= 4 is 17.2 Å². The van der Waals surface area contributed by atoms with E-state index in [9.17, 15) is 4.79 Å². The Labute approximate surface area is 127 Å². The molecule has 2 aromatic rings. The molecule has 0 aromatic carbocycles. The third-order valence-electron chi connectivity index (χ3n) is 2.89. The first-order chi connectivity index (χ1) is 10.1. The van der Waals surface area contributed by atoms with Crippen LogP contribution in [0.2, 0.25) is 0 Å². The summed E-state index contributed by atoms with van der Waals surface area (Å²) < 4.78 is 1.73. The van der Waals surface area contributed by atoms with Gasteiger partial charge in [-0.25, -0.2) is 0 Å². The normalized spacial score (nSPS) is 10.0. The lowest BCUT2D eigenvalue weighted by Crippen LogP contribution is -2.22. The molecule has 6 heteroatoms. The van der Waals surface area contributed by atoms with Gasteiger partial charge in [0.25, 0.3) is 5.91 Å². The van der Waals surface area contributed by atoms with Crippen molar-refractivity contribution in [1.29, 1.82) is 0 Å². The van der Waals surface area contributed by atoms with E-state index in [1.54, 1.807) is 4.68 Å². The summed E-state index contributed by atoms with van der Waals surface area (Å²) in [5.74, 6) is 5.61. The van der Waals surface area contributed by atoms with Gasteiger partial charge in [0.1, 0.15) is 4.88 Å². The van der Waals surface area contributed by atoms with Crippen LogP contribution in [-0.4, -0.2) is 27.4 Å². The number of aliphatic hydroxyl groups excluding tert-OH is 1. The molecule has 0 fully saturated rings. The van der Waals surface area contributed by atoms with Crippen LogP contribution in [0.4, 0.5) is 0 Å². The lowest BCUT2D eigenvalue weighted by molar-refractivity contribution is 0.0954. The fourth-order valence-electron chi connectivity index (χ4n) is 1.88. The molecule has 110 valence electrons. The number of aromatic nitrogens is 2. The second-order valence-electron chi connectivity index (χ2n) is 4.53. The lowest BCUT2D eigenvalue weighted by atomic mass is 10.2. The lowest BCUT2D eigenvalue weighted by Gasteiger charge is -2.03. The van der Waals surface area contributed by atoms with E-state index in [4.69, 9.17) is 5.11 Å². The Morgan fingerprint density at radius 2 is 2.38 bits per heavy atom. The third kappa shape index (κ3) is 3.94. The maximum absolute atomic E-state index is 12.2. The molecule has 5 nitrogen and oxygen atoms in total. The van der Waals surface area contributed by atoms with Crippen LogP contribution in [-0.2, 0) is 13.6 Å². The SMILES string of the molecule is Cc1nn(C)cc1CNC(=O)c1sccc1C#CCCO. The van der Waals surface area contributed by atoms with E-state index in [-0.39, 0.29) is 12.5 Å². The number of aryl methyl sites for hydroxylation is 2. The zero-order valence-corrected chi connectivity index (χ0v) is 12.8. The monoisotopic (exact) mass is 303 g/mol. The molecule has 0 spiro atoms. The fraction of sp³-hybridized carbons (Fsp3) is 0.333. The molecular formula is C15H17N3O2S. The van der Waals surface area contributed by atoms with E-state index in [2.05, 4.69) is 22.3 Å². The van der Waals surface area contributed by atoms with Crippen molar-refractivity contribution in [2.75, 3.05) is 6.61 Å². The average Bonchev–Trinajstić information content (AvgIpc) is 3.03. The van der Waals surface area contributed by atoms with Crippen molar-refractivity contribution in [1.82, 2.24) is 15.1 Å². The molecule has 0 aliphatic carbocycles. The fourth-order valence-corrected chi connectivity index (χ4v) is 2.64. The third-order valence-corrected chi connectivity index (χ3v) is 3.80. The molecule has 21 heavy (non-hydrogen) atoms. The summed E-state index contributed by atoms with van der Waals surface area (Å²) in [6.45, 7) is 2.39. The summed E-state index contributed by atoms with van der Waals surface area (Å²) in [4.78, 5) is 12.8. The van der Waals surface area contributed by atoms with E-state index >= 15 is 0 Å². The van der Waals surface area contributed by atoms with Gasteiger partial charge in [0.2, 0.25) is 0 Å². The highest BCUT2D eigenvalue weighted by Crippen LogP contribution is 2.16. The number of hydrogen-bond donors (Lipinski definition) is 2. The highest BCUT2D eigenvalue weighted by atomic mass is 32.1. The first-order valence-corrected chi connectivity index (χ1v) is 7.44. The van der Waals surface area contributed by atoms with Gasteiger partial charge in [-0.05, 0) is 18.4 Å². The second kappa shape index (κ2) is 7.07. The first kappa shape index (κ1) is 15.3. The minimum atomic E-state index is -0.137. The number of amides is 1. The quantitative estimate of drug-likeness (QED) is 0.840. The number of nitrogens with zero attached hydrogens (tertiary/aromatic N) is 2. The van der Waals surface area contributed by atoms with Gasteiger partial charge in [0.05, 0.1) is 12.3 Å². The number of thiophene rings is 1. The molecule has 0 aliphatic heterocycles. The zero-order valence-electron chi connectivity index (χ0n) is 12.0. The van der Waals surface area contributed by atoms with Crippen molar-refractivity contribution in [2.45, 2.75) is 19.9 Å². The van der Waals surface area contributed by atoms with Gasteiger partial charge >= 0.3 is 0 Å². The van der Waals surface area contributed by atoms with Gasteiger partial charge < -0.3 is 10.4 Å². The predicted octanol–water partition coefficient (Wildman–Crippen LogP) is 1.45. The summed E-state index contributed by atoms with van der Waals surface area (Å²) >= 11 is 1.36. The van der Waals surface area contributed by atoms with Crippen LogP contribution < -0.4 is 5.32 Å². The predicted molar refractivity (Wildman–Crippen MR) is 82.0 cm³/mol. The van der Waals surface area contributed by atoms with Gasteiger partial charge in [0, 0.05) is 37.3 Å². The summed E-state index contributed by atoms with van der Waals surface area (Å²) in [6.07, 6.45) is 2.30. The molecule has 0 saturated carbocycles. The number of carbonyl (C=O) groups excluding carboxylic acids is 1. The largest absolute Gasteiger partial charge is 0.395 e. The number of carbonyl (C=O) groups is 1. The molecule has 0 bridgehead atoms. The molecule has 2 rings (SSSR count). The first-order valence-electron chi connectivity index (χ1n) is 6.56. The van der Waals surface area contributed by atoms with Gasteiger partial charge in [0.15, 0.2) is 0 Å². The molecule has 2 N–H and O–H groups in total. The van der Waals surface area contributed by atoms with Crippen LogP contribution in [0.25, 0.3) is 0 Å². The van der Waals surface area contributed by atoms with E-state index in [1.165, 1.54) is 11.3 Å². The molecule has 1 amide bonds. The standard InChI is InChI=1S/C15H17N3O2S/c1-11-13(10-18(2)17-11)9-16-15(20)14-12(6-8-21-14)5-3-4-7-19/h6,8,10,19H,4,7,9H2,1-2H3,(H,16,20). The molecule has 0 atom stereocenters. The second-order valence-corrected chi connectivity index (χ2v) is 5.45. The number of rotatable bonds is 4. The van der Waals surface area contributed by atoms with Crippen LogP contribution >= 0.6 is 11.3 Å². The van der Waals surface area contributed by atoms with Crippen molar-refractivity contribution in [3.8, 4) is 11.8 Å². The van der Waals surface area contributed by atoms with Crippen LogP contribution in [0.5, 0.6) is 0 Å². The molecule has 0 saturated heterocycles. The smallest absolute Gasteiger partial charge is 0.262 e. The van der Waals surface area contributed by atoms with E-state index < -0.39 is 0 Å². The maximum atomic E-state index is 12.2. The Bertz CT molecular complexity index is 691. The molecule has 0 aliphatic rings. The average molecular weight is 303 g/mol. The van der Waals surface area contributed by atoms with E-state index in [0.717, 1.165) is 11.3 Å². The molecular weight excluding hydrogens is 286 g/mol. The van der Waals surface area contributed by atoms with Crippen molar-refractivity contribution in [2.24, 2.45) is 7.05 Å². The van der Waals surface area contributed by atoms with Crippen LogP contribution in [0.3, 0.4) is 0 Å². The van der Waals surface area contributed by atoms with Crippen LogP contribution in [0.15, 0.2) is 17.6 Å². The van der Waals surface area contributed by atoms with Crippen LogP contribution in [0, 0.1) is 18.8 Å². The zero-order chi connectivity index (χ0) is 15.2. The summed E-state index contributed by atoms with van der Waals surface area (Å²) in [5, 5.41) is 17.7. The molecule has 0 unspecified atom stereocenters. The van der Waals surface area contributed by atoms with Gasteiger partial charge in [-0.2, -0.15) is 5.10 Å². The Morgan fingerprint density at radius 1 is 1.57 bits per heavy atom. The van der Waals surface area contributed by atoms with Crippen molar-refractivity contribution in [3.05, 3.63) is 39.3 Å². The summed E-state index contributed by atoms with van der Waals surface area (Å²) in [7, 11) is 1.85. The topological polar surface area (TPSA) is 67.2 Å². The van der Waals surface area contributed by atoms with E-state index in [0.29, 0.717) is 23.4 Å². The number of aliphatic hydroxyl groups is 1. The Balaban J connectivity index is 2.03. The summed E-state index contributed by atoms with van der Waals surface area (Å²) in [6, 6.07) is 1.82. The molecule has 0 radical (unpaired) electrons. The van der Waals surface area contributed by atoms with Crippen molar-refractivity contribution < 1.29 is 9.90 Å². The number of hydrogen-bond acceptors (Lipinski definition) is 4. The van der Waals surface area contributed by atoms with Crippen LogP contribution in [0.1, 0.15) is 32.9 Å². The van der Waals surface area contributed by atoms with Gasteiger partial charge in [-0.3, -0.25) is 9.48 Å². The number of nitrogens with one attached hydrogen (secondary N) is 1. The minimum Gasteiger partial charge on any atom is -0.395 e.